The molecule has 2 aromatic rings. The average Bonchev–Trinajstić information content (AvgIpc) is 2.39. The van der Waals surface area contributed by atoms with Crippen LogP contribution in [0.5, 0.6) is 0 Å². The van der Waals surface area contributed by atoms with E-state index in [4.69, 9.17) is 5.73 Å². The maximum atomic E-state index is 5.74. The van der Waals surface area contributed by atoms with Crippen LogP contribution in [0.15, 0.2) is 30.3 Å². The van der Waals surface area contributed by atoms with Crippen LogP contribution in [0.4, 0.5) is 11.9 Å². The van der Waals surface area contributed by atoms with Crippen molar-refractivity contribution in [2.24, 2.45) is 0 Å². The van der Waals surface area contributed by atoms with Crippen LogP contribution in [0.3, 0.4) is 0 Å². The van der Waals surface area contributed by atoms with Crippen molar-refractivity contribution in [3.05, 3.63) is 30.3 Å². The number of aromatic nitrogens is 3. The predicted octanol–water partition coefficient (Wildman–Crippen LogP) is 1.97. The first kappa shape index (κ1) is 12.3. The molecule has 5 nitrogen and oxygen atoms in total. The first-order valence-corrected chi connectivity index (χ1v) is 5.99. The first-order valence-electron chi connectivity index (χ1n) is 5.99. The molecule has 0 atom stereocenters. The molecule has 1 aromatic carbocycles. The molecular formula is C13H17N5. The largest absolute Gasteiger partial charge is 0.368 e. The fraction of sp³-hybridized carbons (Fsp3) is 0.308. The molecule has 0 saturated heterocycles. The molecule has 0 fully saturated rings. The molecule has 0 aliphatic rings. The van der Waals surface area contributed by atoms with Crippen LogP contribution in [-0.2, 0) is 0 Å². The number of nitrogen functional groups attached to an aromatic ring is 1. The van der Waals surface area contributed by atoms with Gasteiger partial charge in [-0.05, 0) is 6.42 Å². The molecule has 5 heteroatoms. The summed E-state index contributed by atoms with van der Waals surface area (Å²) in [5, 5.41) is 0. The summed E-state index contributed by atoms with van der Waals surface area (Å²) in [4.78, 5) is 14.8. The Hall–Kier alpha value is -2.17. The van der Waals surface area contributed by atoms with Gasteiger partial charge >= 0.3 is 0 Å². The van der Waals surface area contributed by atoms with Gasteiger partial charge in [-0.15, -0.1) is 0 Å². The SMILES string of the molecule is CCCN(C)c1nc(N)nc(-c2ccccc2)n1. The number of nitrogens with two attached hydrogens (primary N) is 1. The molecule has 18 heavy (non-hydrogen) atoms. The van der Waals surface area contributed by atoms with Crippen molar-refractivity contribution in [2.45, 2.75) is 13.3 Å². The zero-order chi connectivity index (χ0) is 13.0. The van der Waals surface area contributed by atoms with E-state index in [2.05, 4.69) is 21.9 Å². The van der Waals surface area contributed by atoms with Crippen molar-refractivity contribution in [3.8, 4) is 11.4 Å². The maximum absolute atomic E-state index is 5.74. The molecule has 0 bridgehead atoms. The van der Waals surface area contributed by atoms with Crippen molar-refractivity contribution >= 4 is 11.9 Å². The minimum absolute atomic E-state index is 0.252. The van der Waals surface area contributed by atoms with E-state index < -0.39 is 0 Å². The van der Waals surface area contributed by atoms with Crippen molar-refractivity contribution in [1.29, 1.82) is 0 Å². The van der Waals surface area contributed by atoms with Gasteiger partial charge in [-0.2, -0.15) is 15.0 Å². The Bertz CT molecular complexity index is 512. The molecule has 0 spiro atoms. The van der Waals surface area contributed by atoms with Crippen LogP contribution in [0.1, 0.15) is 13.3 Å². The molecule has 1 heterocycles. The van der Waals surface area contributed by atoms with Gasteiger partial charge in [0.15, 0.2) is 5.82 Å². The van der Waals surface area contributed by atoms with Crippen molar-refractivity contribution in [1.82, 2.24) is 15.0 Å². The van der Waals surface area contributed by atoms with Crippen LogP contribution in [0.2, 0.25) is 0 Å². The summed E-state index contributed by atoms with van der Waals surface area (Å²) in [6.07, 6.45) is 1.03. The highest BCUT2D eigenvalue weighted by Crippen LogP contribution is 2.17. The third kappa shape index (κ3) is 2.74. The molecule has 0 amide bonds. The van der Waals surface area contributed by atoms with Crippen LogP contribution in [0.25, 0.3) is 11.4 Å². The third-order valence-corrected chi connectivity index (χ3v) is 2.57. The lowest BCUT2D eigenvalue weighted by atomic mass is 10.2. The maximum Gasteiger partial charge on any atom is 0.230 e. The molecule has 0 saturated carbocycles. The normalized spacial score (nSPS) is 10.3. The zero-order valence-electron chi connectivity index (χ0n) is 10.7. The van der Waals surface area contributed by atoms with Gasteiger partial charge in [0.05, 0.1) is 0 Å². The Morgan fingerprint density at radius 1 is 1.11 bits per heavy atom. The van der Waals surface area contributed by atoms with Crippen molar-refractivity contribution in [2.75, 3.05) is 24.2 Å². The fourth-order valence-corrected chi connectivity index (χ4v) is 1.70. The van der Waals surface area contributed by atoms with Gasteiger partial charge in [-0.25, -0.2) is 0 Å². The topological polar surface area (TPSA) is 67.9 Å². The van der Waals surface area contributed by atoms with Gasteiger partial charge in [0, 0.05) is 19.2 Å². The second kappa shape index (κ2) is 5.44. The highest BCUT2D eigenvalue weighted by atomic mass is 15.3. The van der Waals surface area contributed by atoms with E-state index in [0.717, 1.165) is 18.5 Å². The number of anilines is 2. The van der Waals surface area contributed by atoms with Gasteiger partial charge in [0.2, 0.25) is 11.9 Å². The van der Waals surface area contributed by atoms with Gasteiger partial charge < -0.3 is 10.6 Å². The van der Waals surface area contributed by atoms with Crippen LogP contribution < -0.4 is 10.6 Å². The third-order valence-electron chi connectivity index (χ3n) is 2.57. The van der Waals surface area contributed by atoms with Gasteiger partial charge in [-0.1, -0.05) is 37.3 Å². The van der Waals surface area contributed by atoms with Crippen LogP contribution in [-0.4, -0.2) is 28.5 Å². The van der Waals surface area contributed by atoms with Gasteiger partial charge in [0.1, 0.15) is 0 Å². The molecule has 0 unspecified atom stereocenters. The molecule has 0 radical (unpaired) electrons. The van der Waals surface area contributed by atoms with Crippen LogP contribution in [0, 0.1) is 0 Å². The minimum Gasteiger partial charge on any atom is -0.368 e. The summed E-state index contributed by atoms with van der Waals surface area (Å²) in [5.41, 5.74) is 6.68. The number of benzene rings is 1. The Morgan fingerprint density at radius 3 is 2.50 bits per heavy atom. The Labute approximate surface area is 107 Å². The van der Waals surface area contributed by atoms with E-state index in [9.17, 15) is 0 Å². The first-order chi connectivity index (χ1) is 8.70. The smallest absolute Gasteiger partial charge is 0.230 e. The van der Waals surface area contributed by atoms with Gasteiger partial charge in [0.25, 0.3) is 0 Å². The van der Waals surface area contributed by atoms with Gasteiger partial charge in [-0.3, -0.25) is 0 Å². The van der Waals surface area contributed by atoms with Crippen molar-refractivity contribution < 1.29 is 0 Å². The molecule has 94 valence electrons. The lowest BCUT2D eigenvalue weighted by Gasteiger charge is -2.16. The summed E-state index contributed by atoms with van der Waals surface area (Å²) in [5.74, 6) is 1.48. The minimum atomic E-state index is 0.252. The van der Waals surface area contributed by atoms with E-state index in [1.54, 1.807) is 0 Å². The molecule has 2 rings (SSSR count). The number of hydrogen-bond acceptors (Lipinski definition) is 5. The predicted molar refractivity (Wildman–Crippen MR) is 73.2 cm³/mol. The molecule has 1 aromatic heterocycles. The van der Waals surface area contributed by atoms with Crippen LogP contribution >= 0.6 is 0 Å². The summed E-state index contributed by atoms with van der Waals surface area (Å²) in [6, 6.07) is 9.77. The molecular weight excluding hydrogens is 226 g/mol. The fourth-order valence-electron chi connectivity index (χ4n) is 1.70. The summed E-state index contributed by atoms with van der Waals surface area (Å²) in [6.45, 7) is 3.00. The molecule has 2 N–H and O–H groups in total. The summed E-state index contributed by atoms with van der Waals surface area (Å²) < 4.78 is 0. The number of rotatable bonds is 4. The molecule has 0 aliphatic carbocycles. The summed E-state index contributed by atoms with van der Waals surface area (Å²) in [7, 11) is 1.95. The highest BCUT2D eigenvalue weighted by Gasteiger charge is 2.09. The standard InChI is InChI=1S/C13H17N5/c1-3-9-18(2)13-16-11(15-12(14)17-13)10-7-5-4-6-8-10/h4-8H,3,9H2,1-2H3,(H2,14,15,16,17). The molecule has 0 aliphatic heterocycles. The number of nitrogens with zero attached hydrogens (tertiary/aromatic N) is 4. The second-order valence-corrected chi connectivity index (χ2v) is 4.10. The van der Waals surface area contributed by atoms with E-state index in [0.29, 0.717) is 11.8 Å². The Morgan fingerprint density at radius 2 is 1.83 bits per heavy atom. The van der Waals surface area contributed by atoms with E-state index in [-0.39, 0.29) is 5.95 Å². The average molecular weight is 243 g/mol. The highest BCUT2D eigenvalue weighted by molar-refractivity contribution is 5.57. The monoisotopic (exact) mass is 243 g/mol. The Balaban J connectivity index is 2.38. The second-order valence-electron chi connectivity index (χ2n) is 4.10. The zero-order valence-corrected chi connectivity index (χ0v) is 10.7. The van der Waals surface area contributed by atoms with E-state index >= 15 is 0 Å². The van der Waals surface area contributed by atoms with E-state index in [1.807, 2.05) is 42.3 Å². The lowest BCUT2D eigenvalue weighted by Crippen LogP contribution is -2.21. The Kier molecular flexibility index (Phi) is 3.72. The summed E-state index contributed by atoms with van der Waals surface area (Å²) >= 11 is 0. The number of hydrogen-bond donors (Lipinski definition) is 1. The lowest BCUT2D eigenvalue weighted by molar-refractivity contribution is 0.815. The van der Waals surface area contributed by atoms with E-state index in [1.165, 1.54) is 0 Å². The quantitative estimate of drug-likeness (QED) is 0.889. The van der Waals surface area contributed by atoms with Crippen molar-refractivity contribution in [3.63, 3.8) is 0 Å².